The molecule has 0 aliphatic carbocycles. The number of hydrogen-bond acceptors (Lipinski definition) is 5. The van der Waals surface area contributed by atoms with E-state index in [1.54, 1.807) is 24.3 Å². The summed E-state index contributed by atoms with van der Waals surface area (Å²) < 4.78 is 0. The number of hydroxylamine groups is 2. The number of nitrogens with zero attached hydrogens (tertiary/aromatic N) is 2. The second-order valence-corrected chi connectivity index (χ2v) is 5.35. The van der Waals surface area contributed by atoms with E-state index in [0.717, 1.165) is 19.4 Å². The van der Waals surface area contributed by atoms with Crippen LogP contribution in [0.15, 0.2) is 24.3 Å². The van der Waals surface area contributed by atoms with Gasteiger partial charge in [-0.15, -0.1) is 0 Å². The Morgan fingerprint density at radius 1 is 1.14 bits per heavy atom. The summed E-state index contributed by atoms with van der Waals surface area (Å²) in [5.74, 6) is -1.71. The van der Waals surface area contributed by atoms with Crippen molar-refractivity contribution in [1.82, 2.24) is 9.96 Å². The number of fused-ring (bicyclic) bond motifs is 1. The number of piperidine rings is 1. The molecule has 1 atom stereocenters. The molecule has 2 heterocycles. The van der Waals surface area contributed by atoms with Crippen molar-refractivity contribution in [3.63, 3.8) is 0 Å². The second-order valence-electron chi connectivity index (χ2n) is 5.35. The quantitative estimate of drug-likeness (QED) is 0.766. The maximum Gasteiger partial charge on any atom is 0.350 e. The molecule has 0 radical (unpaired) electrons. The lowest BCUT2D eigenvalue weighted by Gasteiger charge is -2.30. The van der Waals surface area contributed by atoms with E-state index in [1.165, 1.54) is 0 Å². The number of rotatable bonds is 2. The van der Waals surface area contributed by atoms with Gasteiger partial charge in [0.05, 0.1) is 11.1 Å². The zero-order valence-electron chi connectivity index (χ0n) is 11.7. The number of likely N-dealkylation sites (N-methyl/N-ethyl adjacent to an activating group) is 1. The minimum atomic E-state index is -0.581. The van der Waals surface area contributed by atoms with Gasteiger partial charge < -0.3 is 4.84 Å². The van der Waals surface area contributed by atoms with Crippen LogP contribution in [0.3, 0.4) is 0 Å². The van der Waals surface area contributed by atoms with Gasteiger partial charge in [0.1, 0.15) is 6.04 Å². The Hall–Kier alpha value is -2.21. The molecule has 0 spiro atoms. The molecule has 2 aliphatic rings. The molecule has 0 N–H and O–H groups in total. The zero-order valence-corrected chi connectivity index (χ0v) is 11.7. The number of carbonyl (C=O) groups excluding carboxylic acids is 3. The molecule has 0 aromatic heterocycles. The number of hydrogen-bond donors (Lipinski definition) is 0. The lowest BCUT2D eigenvalue weighted by Crippen LogP contribution is -2.46. The van der Waals surface area contributed by atoms with Crippen molar-refractivity contribution < 1.29 is 19.2 Å². The maximum atomic E-state index is 12.2. The van der Waals surface area contributed by atoms with Crippen molar-refractivity contribution in [2.45, 2.75) is 25.3 Å². The van der Waals surface area contributed by atoms with Gasteiger partial charge in [0, 0.05) is 0 Å². The van der Waals surface area contributed by atoms with E-state index < -0.39 is 23.8 Å². The summed E-state index contributed by atoms with van der Waals surface area (Å²) >= 11 is 0. The van der Waals surface area contributed by atoms with E-state index in [2.05, 4.69) is 0 Å². The SMILES string of the molecule is CN1CCCCC1C(=O)ON1C(=O)c2ccccc2C1=O. The van der Waals surface area contributed by atoms with E-state index in [-0.39, 0.29) is 11.1 Å². The molecule has 2 amide bonds. The molecule has 1 aromatic carbocycles. The summed E-state index contributed by atoms with van der Waals surface area (Å²) in [7, 11) is 1.84. The summed E-state index contributed by atoms with van der Waals surface area (Å²) in [5.41, 5.74) is 0.541. The van der Waals surface area contributed by atoms with Crippen molar-refractivity contribution in [2.24, 2.45) is 0 Å². The molecule has 3 rings (SSSR count). The van der Waals surface area contributed by atoms with Crippen LogP contribution in [0, 0.1) is 0 Å². The fourth-order valence-electron chi connectivity index (χ4n) is 2.77. The zero-order chi connectivity index (χ0) is 15.0. The molecule has 0 bridgehead atoms. The Labute approximate surface area is 122 Å². The Kier molecular flexibility index (Phi) is 3.47. The van der Waals surface area contributed by atoms with Crippen LogP contribution in [0.2, 0.25) is 0 Å². The first kappa shape index (κ1) is 13.8. The average molecular weight is 288 g/mol. The lowest BCUT2D eigenvalue weighted by molar-refractivity contribution is -0.175. The molecule has 1 fully saturated rings. The fourth-order valence-corrected chi connectivity index (χ4v) is 2.77. The highest BCUT2D eigenvalue weighted by Gasteiger charge is 2.40. The molecular weight excluding hydrogens is 272 g/mol. The molecule has 1 unspecified atom stereocenters. The number of amides is 2. The van der Waals surface area contributed by atoms with Gasteiger partial charge in [-0.3, -0.25) is 14.5 Å². The normalized spacial score (nSPS) is 22.3. The van der Waals surface area contributed by atoms with Crippen LogP contribution in [0.1, 0.15) is 40.0 Å². The van der Waals surface area contributed by atoms with Crippen LogP contribution in [0.4, 0.5) is 0 Å². The fraction of sp³-hybridized carbons (Fsp3) is 0.400. The van der Waals surface area contributed by atoms with Gasteiger partial charge in [-0.1, -0.05) is 23.6 Å². The van der Waals surface area contributed by atoms with Crippen LogP contribution in [-0.4, -0.2) is 47.4 Å². The van der Waals surface area contributed by atoms with Gasteiger partial charge in [0.25, 0.3) is 11.8 Å². The highest BCUT2D eigenvalue weighted by Crippen LogP contribution is 2.24. The first-order valence-corrected chi connectivity index (χ1v) is 6.99. The summed E-state index contributed by atoms with van der Waals surface area (Å²) in [6.07, 6.45) is 2.65. The van der Waals surface area contributed by atoms with Crippen molar-refractivity contribution in [3.05, 3.63) is 35.4 Å². The predicted octanol–water partition coefficient (Wildman–Crippen LogP) is 1.23. The second kappa shape index (κ2) is 5.29. The van der Waals surface area contributed by atoms with E-state index in [9.17, 15) is 14.4 Å². The summed E-state index contributed by atoms with van der Waals surface area (Å²) in [4.78, 5) is 43.4. The molecule has 1 aromatic rings. The topological polar surface area (TPSA) is 66.9 Å². The third-order valence-electron chi connectivity index (χ3n) is 3.98. The van der Waals surface area contributed by atoms with Crippen LogP contribution >= 0.6 is 0 Å². The van der Waals surface area contributed by atoms with Crippen molar-refractivity contribution in [3.8, 4) is 0 Å². The van der Waals surface area contributed by atoms with Gasteiger partial charge >= 0.3 is 5.97 Å². The van der Waals surface area contributed by atoms with Crippen LogP contribution in [-0.2, 0) is 9.63 Å². The van der Waals surface area contributed by atoms with Crippen molar-refractivity contribution in [2.75, 3.05) is 13.6 Å². The van der Waals surface area contributed by atoms with Crippen LogP contribution in [0.5, 0.6) is 0 Å². The Morgan fingerprint density at radius 3 is 2.33 bits per heavy atom. The van der Waals surface area contributed by atoms with Crippen molar-refractivity contribution in [1.29, 1.82) is 0 Å². The monoisotopic (exact) mass is 288 g/mol. The highest BCUT2D eigenvalue weighted by atomic mass is 16.7. The number of likely N-dealkylation sites (tertiary alicyclic amines) is 1. The molecule has 1 saturated heterocycles. The third-order valence-corrected chi connectivity index (χ3v) is 3.98. The van der Waals surface area contributed by atoms with Gasteiger partial charge in [0.2, 0.25) is 0 Å². The molecule has 2 aliphatic heterocycles. The smallest absolute Gasteiger partial charge is 0.328 e. The van der Waals surface area contributed by atoms with Gasteiger partial charge in [-0.25, -0.2) is 4.79 Å². The first-order valence-electron chi connectivity index (χ1n) is 6.99. The maximum absolute atomic E-state index is 12.2. The minimum absolute atomic E-state index is 0.271. The van der Waals surface area contributed by atoms with E-state index in [1.807, 2.05) is 11.9 Å². The Morgan fingerprint density at radius 2 is 1.76 bits per heavy atom. The van der Waals surface area contributed by atoms with Gasteiger partial charge in [-0.2, -0.15) is 0 Å². The number of carbonyl (C=O) groups is 3. The summed E-state index contributed by atoms with van der Waals surface area (Å²) in [5, 5.41) is 0.579. The summed E-state index contributed by atoms with van der Waals surface area (Å²) in [6, 6.07) is 6.05. The van der Waals surface area contributed by atoms with E-state index in [4.69, 9.17) is 4.84 Å². The highest BCUT2D eigenvalue weighted by molar-refractivity contribution is 6.20. The largest absolute Gasteiger partial charge is 0.350 e. The molecule has 6 heteroatoms. The van der Waals surface area contributed by atoms with E-state index >= 15 is 0 Å². The van der Waals surface area contributed by atoms with E-state index in [0.29, 0.717) is 11.5 Å². The third kappa shape index (κ3) is 2.31. The van der Waals surface area contributed by atoms with Crippen LogP contribution < -0.4 is 0 Å². The predicted molar refractivity (Wildman–Crippen MR) is 73.3 cm³/mol. The van der Waals surface area contributed by atoms with Gasteiger partial charge in [-0.05, 0) is 38.6 Å². The Bertz CT molecular complexity index is 578. The minimum Gasteiger partial charge on any atom is -0.328 e. The molecule has 6 nitrogen and oxygen atoms in total. The average Bonchev–Trinajstić information content (AvgIpc) is 2.73. The molecule has 110 valence electrons. The molecule has 21 heavy (non-hydrogen) atoms. The Balaban J connectivity index is 1.76. The standard InChI is InChI=1S/C15H16N2O4/c1-16-9-5-4-8-12(16)15(20)21-17-13(18)10-6-2-3-7-11(10)14(17)19/h2-3,6-7,12H,4-5,8-9H2,1H3. The van der Waals surface area contributed by atoms with Crippen LogP contribution in [0.25, 0.3) is 0 Å². The summed E-state index contributed by atoms with van der Waals surface area (Å²) in [6.45, 7) is 0.807. The molecular formula is C15H16N2O4. The number of imide groups is 1. The molecule has 0 saturated carbocycles. The lowest BCUT2D eigenvalue weighted by atomic mass is 10.0. The van der Waals surface area contributed by atoms with Crippen molar-refractivity contribution >= 4 is 17.8 Å². The number of benzene rings is 1. The first-order chi connectivity index (χ1) is 10.1. The van der Waals surface area contributed by atoms with Gasteiger partial charge in [0.15, 0.2) is 0 Å².